The predicted molar refractivity (Wildman–Crippen MR) is 152 cm³/mol. The summed E-state index contributed by atoms with van der Waals surface area (Å²) in [4.78, 5) is 15.3. The van der Waals surface area contributed by atoms with E-state index in [9.17, 15) is 9.90 Å². The summed E-state index contributed by atoms with van der Waals surface area (Å²) in [7, 11) is 0. The molecule has 0 spiro atoms. The van der Waals surface area contributed by atoms with Crippen LogP contribution in [0.15, 0.2) is 111 Å². The van der Waals surface area contributed by atoms with Crippen LogP contribution in [-0.2, 0) is 11.3 Å². The zero-order valence-electron chi connectivity index (χ0n) is 21.1. The summed E-state index contributed by atoms with van der Waals surface area (Å²) in [6.45, 7) is 2.46. The molecule has 8 nitrogen and oxygen atoms in total. The summed E-state index contributed by atoms with van der Waals surface area (Å²) in [5.41, 5.74) is 1.51. The van der Waals surface area contributed by atoms with Crippen molar-refractivity contribution >= 4 is 35.1 Å². The van der Waals surface area contributed by atoms with Gasteiger partial charge in [-0.2, -0.15) is 5.10 Å². The van der Waals surface area contributed by atoms with Crippen LogP contribution in [0.1, 0.15) is 23.8 Å². The Balaban J connectivity index is 1.38. The van der Waals surface area contributed by atoms with Crippen molar-refractivity contribution in [2.75, 3.05) is 6.61 Å². The number of hydrogen-bond donors (Lipinski definition) is 1. The molecule has 0 saturated carbocycles. The van der Waals surface area contributed by atoms with Gasteiger partial charge in [0.1, 0.15) is 17.3 Å². The fourth-order valence-corrected chi connectivity index (χ4v) is 4.69. The van der Waals surface area contributed by atoms with Crippen LogP contribution in [0.3, 0.4) is 0 Å². The average Bonchev–Trinajstić information content (AvgIpc) is 3.56. The van der Waals surface area contributed by atoms with E-state index in [1.165, 1.54) is 22.7 Å². The number of aromatic hydroxyl groups is 1. The molecular formula is C30H25N3O5S. The SMILES string of the molecule is CCOc1cc(/C=C2\S/C(=N/N=C\c3cccc(Oc4ccccc4)c3)N(Cc3ccco3)C2=O)ccc1O. The van der Waals surface area contributed by atoms with Crippen molar-refractivity contribution in [3.63, 3.8) is 0 Å². The number of benzene rings is 3. The van der Waals surface area contributed by atoms with Gasteiger partial charge in [-0.1, -0.05) is 36.4 Å². The molecule has 2 heterocycles. The quantitative estimate of drug-likeness (QED) is 0.145. The Kier molecular flexibility index (Phi) is 8.09. The summed E-state index contributed by atoms with van der Waals surface area (Å²) in [6.07, 6.45) is 4.91. The highest BCUT2D eigenvalue weighted by Crippen LogP contribution is 2.35. The topological polar surface area (TPSA) is 96.9 Å². The number of para-hydroxylation sites is 1. The number of thioether (sulfide) groups is 1. The molecule has 5 rings (SSSR count). The maximum Gasteiger partial charge on any atom is 0.267 e. The van der Waals surface area contributed by atoms with Gasteiger partial charge in [-0.15, -0.1) is 5.10 Å². The standard InChI is InChI=1S/C30H25N3O5S/c1-2-36-27-17-21(13-14-26(27)34)18-28-29(35)33(20-25-12-7-15-37-25)30(39-28)32-31-19-22-8-6-11-24(16-22)38-23-9-4-3-5-10-23/h3-19,34H,2,20H2,1H3/b28-18-,31-19-,32-30+. The third kappa shape index (κ3) is 6.58. The van der Waals surface area contributed by atoms with Gasteiger partial charge in [0.2, 0.25) is 0 Å². The van der Waals surface area contributed by atoms with Crippen LogP contribution in [0, 0.1) is 0 Å². The van der Waals surface area contributed by atoms with E-state index < -0.39 is 0 Å². The van der Waals surface area contributed by atoms with E-state index in [0.717, 1.165) is 11.3 Å². The minimum absolute atomic E-state index is 0.0404. The molecule has 1 saturated heterocycles. The molecule has 1 fully saturated rings. The lowest BCUT2D eigenvalue weighted by Gasteiger charge is -2.12. The van der Waals surface area contributed by atoms with Gasteiger partial charge < -0.3 is 19.0 Å². The summed E-state index contributed by atoms with van der Waals surface area (Å²) >= 11 is 1.21. The van der Waals surface area contributed by atoms with Crippen molar-refractivity contribution in [1.82, 2.24) is 4.90 Å². The van der Waals surface area contributed by atoms with Gasteiger partial charge in [-0.3, -0.25) is 9.69 Å². The number of carbonyl (C=O) groups excluding carboxylic acids is 1. The van der Waals surface area contributed by atoms with Gasteiger partial charge in [0, 0.05) is 0 Å². The molecule has 3 aromatic carbocycles. The lowest BCUT2D eigenvalue weighted by molar-refractivity contribution is -0.122. The molecule has 0 atom stereocenters. The smallest absolute Gasteiger partial charge is 0.267 e. The summed E-state index contributed by atoms with van der Waals surface area (Å²) < 4.78 is 16.8. The van der Waals surface area contributed by atoms with E-state index in [4.69, 9.17) is 13.9 Å². The first kappa shape index (κ1) is 25.9. The second-order valence-electron chi connectivity index (χ2n) is 8.36. The Labute approximate surface area is 229 Å². The van der Waals surface area contributed by atoms with Gasteiger partial charge in [-0.25, -0.2) is 0 Å². The number of hydrogen-bond acceptors (Lipinski definition) is 8. The number of nitrogens with zero attached hydrogens (tertiary/aromatic N) is 3. The first-order valence-corrected chi connectivity index (χ1v) is 13.0. The van der Waals surface area contributed by atoms with E-state index in [0.29, 0.717) is 39.5 Å². The van der Waals surface area contributed by atoms with Crippen LogP contribution in [0.5, 0.6) is 23.0 Å². The van der Waals surface area contributed by atoms with Crippen LogP contribution in [0.4, 0.5) is 0 Å². The summed E-state index contributed by atoms with van der Waals surface area (Å²) in [5.74, 6) is 2.20. The monoisotopic (exact) mass is 539 g/mol. The van der Waals surface area contributed by atoms with Gasteiger partial charge in [0.05, 0.1) is 30.5 Å². The highest BCUT2D eigenvalue weighted by atomic mass is 32.2. The highest BCUT2D eigenvalue weighted by molar-refractivity contribution is 8.18. The third-order valence-electron chi connectivity index (χ3n) is 5.55. The van der Waals surface area contributed by atoms with Crippen LogP contribution in [0.25, 0.3) is 6.08 Å². The van der Waals surface area contributed by atoms with Crippen molar-refractivity contribution in [1.29, 1.82) is 0 Å². The molecule has 0 bridgehead atoms. The lowest BCUT2D eigenvalue weighted by Crippen LogP contribution is -2.28. The van der Waals surface area contributed by atoms with Crippen molar-refractivity contribution in [2.45, 2.75) is 13.5 Å². The number of amides is 1. The van der Waals surface area contributed by atoms with E-state index in [2.05, 4.69) is 10.2 Å². The van der Waals surface area contributed by atoms with Crippen LogP contribution < -0.4 is 9.47 Å². The zero-order valence-corrected chi connectivity index (χ0v) is 21.9. The molecule has 1 aliphatic rings. The minimum atomic E-state index is -0.227. The van der Waals surface area contributed by atoms with Gasteiger partial charge in [0.15, 0.2) is 16.7 Å². The first-order chi connectivity index (χ1) is 19.1. The number of amidine groups is 1. The number of furan rings is 1. The van der Waals surface area contributed by atoms with Crippen LogP contribution >= 0.6 is 11.8 Å². The van der Waals surface area contributed by atoms with E-state index in [1.54, 1.807) is 42.8 Å². The molecule has 0 radical (unpaired) electrons. The molecule has 1 aliphatic heterocycles. The minimum Gasteiger partial charge on any atom is -0.504 e. The average molecular weight is 540 g/mol. The molecular weight excluding hydrogens is 514 g/mol. The van der Waals surface area contributed by atoms with Crippen molar-refractivity contribution < 1.29 is 23.8 Å². The second-order valence-corrected chi connectivity index (χ2v) is 9.37. The second kappa shape index (κ2) is 12.2. The Morgan fingerprint density at radius 2 is 1.82 bits per heavy atom. The molecule has 4 aromatic rings. The summed E-state index contributed by atoms with van der Waals surface area (Å²) in [5, 5.41) is 19.0. The number of carbonyl (C=O) groups is 1. The number of rotatable bonds is 9. The molecule has 1 N–H and O–H groups in total. The van der Waals surface area contributed by atoms with E-state index in [1.807, 2.05) is 61.5 Å². The maximum atomic E-state index is 13.3. The largest absolute Gasteiger partial charge is 0.504 e. The Morgan fingerprint density at radius 1 is 0.974 bits per heavy atom. The van der Waals surface area contributed by atoms with E-state index in [-0.39, 0.29) is 18.2 Å². The van der Waals surface area contributed by atoms with Gasteiger partial charge in [-0.05, 0) is 84.4 Å². The number of phenolic OH excluding ortho intramolecular Hbond substituents is 1. The fourth-order valence-electron chi connectivity index (χ4n) is 3.75. The Morgan fingerprint density at radius 3 is 2.62 bits per heavy atom. The molecule has 39 heavy (non-hydrogen) atoms. The number of phenols is 1. The van der Waals surface area contributed by atoms with Crippen LogP contribution in [0.2, 0.25) is 0 Å². The Bertz CT molecular complexity index is 1530. The Hall–Kier alpha value is -4.76. The van der Waals surface area contributed by atoms with Crippen molar-refractivity contribution in [3.8, 4) is 23.0 Å². The molecule has 9 heteroatoms. The zero-order chi connectivity index (χ0) is 27.0. The van der Waals surface area contributed by atoms with E-state index >= 15 is 0 Å². The summed E-state index contributed by atoms with van der Waals surface area (Å²) in [6, 6.07) is 25.5. The van der Waals surface area contributed by atoms with Crippen LogP contribution in [-0.4, -0.2) is 33.9 Å². The van der Waals surface area contributed by atoms with Crippen molar-refractivity contribution in [2.24, 2.45) is 10.2 Å². The highest BCUT2D eigenvalue weighted by Gasteiger charge is 2.34. The molecule has 1 aromatic heterocycles. The molecule has 0 unspecified atom stereocenters. The fraction of sp³-hybridized carbons (Fsp3) is 0.100. The normalized spacial score (nSPS) is 15.5. The third-order valence-corrected chi connectivity index (χ3v) is 6.55. The van der Waals surface area contributed by atoms with Gasteiger partial charge in [0.25, 0.3) is 5.91 Å². The molecule has 196 valence electrons. The maximum absolute atomic E-state index is 13.3. The van der Waals surface area contributed by atoms with Gasteiger partial charge >= 0.3 is 0 Å². The molecule has 0 aliphatic carbocycles. The molecule has 1 amide bonds. The van der Waals surface area contributed by atoms with Crippen molar-refractivity contribution in [3.05, 3.63) is 113 Å². The predicted octanol–water partition coefficient (Wildman–Crippen LogP) is 6.68. The lowest BCUT2D eigenvalue weighted by atomic mass is 10.2. The number of ether oxygens (including phenoxy) is 2. The first-order valence-electron chi connectivity index (χ1n) is 12.2.